The van der Waals surface area contributed by atoms with Gasteiger partial charge in [0, 0.05) is 12.5 Å². The van der Waals surface area contributed by atoms with Crippen molar-refractivity contribution in [2.45, 2.75) is 16.9 Å². The van der Waals surface area contributed by atoms with Crippen LogP contribution < -0.4 is 11.1 Å². The number of aliphatic imine (C=N–C) groups is 1. The summed E-state index contributed by atoms with van der Waals surface area (Å²) in [7, 11) is 0. The molecule has 0 aliphatic carbocycles. The molecule has 7 heteroatoms. The van der Waals surface area contributed by atoms with Gasteiger partial charge < -0.3 is 11.1 Å². The van der Waals surface area contributed by atoms with Crippen LogP contribution in [0.5, 0.6) is 0 Å². The predicted molar refractivity (Wildman–Crippen MR) is 75.1 cm³/mol. The van der Waals surface area contributed by atoms with Crippen molar-refractivity contribution in [3.05, 3.63) is 35.9 Å². The van der Waals surface area contributed by atoms with Crippen LogP contribution in [0.15, 0.2) is 35.3 Å². The van der Waals surface area contributed by atoms with E-state index >= 15 is 0 Å². The first-order chi connectivity index (χ1) is 8.30. The van der Waals surface area contributed by atoms with Gasteiger partial charge in [0.25, 0.3) is 0 Å². The van der Waals surface area contributed by atoms with Crippen molar-refractivity contribution in [2.24, 2.45) is 10.7 Å². The van der Waals surface area contributed by atoms with Crippen LogP contribution in [0.3, 0.4) is 0 Å². The van der Waals surface area contributed by atoms with Crippen LogP contribution in [0.2, 0.25) is 0 Å². The minimum atomic E-state index is -1.77. The van der Waals surface area contributed by atoms with Crippen molar-refractivity contribution in [1.29, 1.82) is 0 Å². The molecule has 0 bridgehead atoms. The SMILES string of the molecule is CC(=O)NC(/N=C(\N)c1ccccc1)C(Cl)(Cl)Cl. The molecule has 1 aromatic rings. The molecule has 1 unspecified atom stereocenters. The molecule has 0 aromatic heterocycles. The predicted octanol–water partition coefficient (Wildman–Crippen LogP) is 2.22. The first-order valence-corrected chi connectivity index (χ1v) is 6.16. The van der Waals surface area contributed by atoms with Crippen LogP contribution in [0.4, 0.5) is 0 Å². The zero-order valence-electron chi connectivity index (χ0n) is 9.53. The highest BCUT2D eigenvalue weighted by molar-refractivity contribution is 6.68. The quantitative estimate of drug-likeness (QED) is 0.511. The minimum Gasteiger partial charge on any atom is -0.383 e. The van der Waals surface area contributed by atoms with E-state index in [4.69, 9.17) is 40.5 Å². The summed E-state index contributed by atoms with van der Waals surface area (Å²) in [6, 6.07) is 8.99. The molecule has 3 N–H and O–H groups in total. The number of amidine groups is 1. The van der Waals surface area contributed by atoms with Gasteiger partial charge in [-0.1, -0.05) is 65.1 Å². The summed E-state index contributed by atoms with van der Waals surface area (Å²) in [5.41, 5.74) is 6.47. The Morgan fingerprint density at radius 3 is 2.33 bits per heavy atom. The van der Waals surface area contributed by atoms with Crippen molar-refractivity contribution >= 4 is 46.5 Å². The molecule has 0 saturated heterocycles. The molecule has 1 aromatic carbocycles. The van der Waals surface area contributed by atoms with Crippen molar-refractivity contribution in [3.63, 3.8) is 0 Å². The number of carbonyl (C=O) groups is 1. The van der Waals surface area contributed by atoms with Gasteiger partial charge in [-0.2, -0.15) is 0 Å². The Kier molecular flexibility index (Phi) is 5.26. The molecule has 0 spiro atoms. The smallest absolute Gasteiger partial charge is 0.230 e. The number of nitrogens with one attached hydrogen (secondary N) is 1. The van der Waals surface area contributed by atoms with E-state index in [0.29, 0.717) is 5.56 Å². The summed E-state index contributed by atoms with van der Waals surface area (Å²) < 4.78 is -1.77. The zero-order chi connectivity index (χ0) is 13.8. The van der Waals surface area contributed by atoms with Gasteiger partial charge in [-0.05, 0) is 0 Å². The number of benzene rings is 1. The Bertz CT molecular complexity index is 443. The number of hydrogen-bond acceptors (Lipinski definition) is 2. The molecule has 0 radical (unpaired) electrons. The van der Waals surface area contributed by atoms with E-state index < -0.39 is 9.96 Å². The maximum Gasteiger partial charge on any atom is 0.230 e. The summed E-state index contributed by atoms with van der Waals surface area (Å²) in [5, 5.41) is 2.42. The lowest BCUT2D eigenvalue weighted by molar-refractivity contribution is -0.119. The van der Waals surface area contributed by atoms with Crippen molar-refractivity contribution in [2.75, 3.05) is 0 Å². The molecule has 0 fully saturated rings. The van der Waals surface area contributed by atoms with Crippen LogP contribution in [-0.4, -0.2) is 21.7 Å². The fraction of sp³-hybridized carbons (Fsp3) is 0.273. The van der Waals surface area contributed by atoms with Gasteiger partial charge >= 0.3 is 0 Å². The minimum absolute atomic E-state index is 0.181. The Hall–Kier alpha value is -0.970. The van der Waals surface area contributed by atoms with Gasteiger partial charge in [-0.15, -0.1) is 0 Å². The third kappa shape index (κ3) is 4.72. The number of nitrogens with two attached hydrogens (primary N) is 1. The van der Waals surface area contributed by atoms with Crippen molar-refractivity contribution in [1.82, 2.24) is 5.32 Å². The first-order valence-electron chi connectivity index (χ1n) is 5.03. The van der Waals surface area contributed by atoms with Crippen LogP contribution in [-0.2, 0) is 4.79 Å². The van der Waals surface area contributed by atoms with Crippen LogP contribution in [0.25, 0.3) is 0 Å². The highest BCUT2D eigenvalue weighted by Crippen LogP contribution is 2.31. The molecule has 1 atom stereocenters. The molecular formula is C11H12Cl3N3O. The second-order valence-corrected chi connectivity index (χ2v) is 5.89. The number of carbonyl (C=O) groups excluding carboxylic acids is 1. The Balaban J connectivity index is 2.98. The molecule has 0 aliphatic heterocycles. The van der Waals surface area contributed by atoms with Crippen molar-refractivity contribution in [3.8, 4) is 0 Å². The second kappa shape index (κ2) is 6.27. The standard InChI is InChI=1S/C11H12Cl3N3O/c1-7(18)16-10(11(12,13)14)17-9(15)8-5-3-2-4-6-8/h2-6,10H,1H3,(H2,15,17)(H,16,18). The van der Waals surface area contributed by atoms with Crippen LogP contribution >= 0.6 is 34.8 Å². The van der Waals surface area contributed by atoms with Gasteiger partial charge in [-0.3, -0.25) is 4.79 Å². The molecular weight excluding hydrogens is 296 g/mol. The fourth-order valence-corrected chi connectivity index (χ4v) is 1.51. The van der Waals surface area contributed by atoms with E-state index in [1.54, 1.807) is 24.3 Å². The first kappa shape index (κ1) is 15.1. The Morgan fingerprint density at radius 2 is 1.89 bits per heavy atom. The Morgan fingerprint density at radius 1 is 1.33 bits per heavy atom. The van der Waals surface area contributed by atoms with Crippen LogP contribution in [0.1, 0.15) is 12.5 Å². The lowest BCUT2D eigenvalue weighted by Crippen LogP contribution is -2.42. The normalized spacial score (nSPS) is 14.1. The zero-order valence-corrected chi connectivity index (χ0v) is 11.8. The lowest BCUT2D eigenvalue weighted by Gasteiger charge is -2.21. The number of hydrogen-bond donors (Lipinski definition) is 2. The van der Waals surface area contributed by atoms with E-state index in [0.717, 1.165) is 0 Å². The number of alkyl halides is 3. The van der Waals surface area contributed by atoms with Gasteiger partial charge in [-0.25, -0.2) is 4.99 Å². The fourth-order valence-electron chi connectivity index (χ4n) is 1.20. The number of halogens is 3. The highest BCUT2D eigenvalue weighted by Gasteiger charge is 2.33. The van der Waals surface area contributed by atoms with Crippen molar-refractivity contribution < 1.29 is 4.79 Å². The highest BCUT2D eigenvalue weighted by atomic mass is 35.6. The molecule has 1 rings (SSSR count). The monoisotopic (exact) mass is 307 g/mol. The Labute approximate surface area is 120 Å². The molecule has 98 valence electrons. The molecule has 1 amide bonds. The number of nitrogens with zero attached hydrogens (tertiary/aromatic N) is 1. The number of amides is 1. The third-order valence-corrected chi connectivity index (χ3v) is 2.61. The maximum absolute atomic E-state index is 11.0. The largest absolute Gasteiger partial charge is 0.383 e. The summed E-state index contributed by atoms with van der Waals surface area (Å²) in [4.78, 5) is 15.0. The van der Waals surface area contributed by atoms with E-state index in [9.17, 15) is 4.79 Å². The third-order valence-electron chi connectivity index (χ3n) is 1.99. The van der Waals surface area contributed by atoms with Gasteiger partial charge in [0.1, 0.15) is 5.84 Å². The number of rotatable bonds is 3. The summed E-state index contributed by atoms with van der Waals surface area (Å²) in [5.74, 6) is -0.184. The van der Waals surface area contributed by atoms with E-state index in [1.807, 2.05) is 6.07 Å². The van der Waals surface area contributed by atoms with E-state index in [2.05, 4.69) is 10.3 Å². The van der Waals surface area contributed by atoms with Gasteiger partial charge in [0.2, 0.25) is 9.70 Å². The van der Waals surface area contributed by atoms with Gasteiger partial charge in [0.05, 0.1) is 0 Å². The molecule has 0 saturated carbocycles. The maximum atomic E-state index is 11.0. The average Bonchev–Trinajstić information content (AvgIpc) is 2.27. The second-order valence-electron chi connectivity index (χ2n) is 3.53. The van der Waals surface area contributed by atoms with E-state index in [-0.39, 0.29) is 11.7 Å². The molecule has 0 aliphatic rings. The summed E-state index contributed by atoms with van der Waals surface area (Å²) in [6.45, 7) is 1.30. The van der Waals surface area contributed by atoms with Gasteiger partial charge in [0.15, 0.2) is 6.17 Å². The summed E-state index contributed by atoms with van der Waals surface area (Å²) in [6.07, 6.45) is -1.04. The lowest BCUT2D eigenvalue weighted by atomic mass is 10.2. The molecule has 18 heavy (non-hydrogen) atoms. The topological polar surface area (TPSA) is 67.5 Å². The van der Waals surface area contributed by atoms with E-state index in [1.165, 1.54) is 6.92 Å². The summed E-state index contributed by atoms with van der Waals surface area (Å²) >= 11 is 17.2. The average molecular weight is 309 g/mol. The molecule has 4 nitrogen and oxygen atoms in total. The van der Waals surface area contributed by atoms with Crippen LogP contribution in [0, 0.1) is 0 Å². The molecule has 0 heterocycles.